The number of carbonyl (C=O) groups is 1. The van der Waals surface area contributed by atoms with Crippen LogP contribution in [0.2, 0.25) is 0 Å². The molecule has 0 bridgehead atoms. The zero-order valence-electron chi connectivity index (χ0n) is 13.6. The molecular weight excluding hydrogens is 266 g/mol. The fraction of sp³-hybridized carbons (Fsp3) is 0.588. The van der Waals surface area contributed by atoms with Crippen LogP contribution >= 0.6 is 0 Å². The molecule has 0 unspecified atom stereocenters. The standard InChI is InChI=1S/C17H27NO3/c1-5-20-15-9-6-7-10-16(15)21-12-8-11-17(19)18(4)13-14(2)3/h6-7,9-10,14H,5,8,11-13H2,1-4H3. The average molecular weight is 293 g/mol. The Morgan fingerprint density at radius 1 is 1.19 bits per heavy atom. The Morgan fingerprint density at radius 3 is 2.38 bits per heavy atom. The third kappa shape index (κ3) is 6.52. The molecule has 0 atom stereocenters. The van der Waals surface area contributed by atoms with E-state index in [1.54, 1.807) is 4.90 Å². The van der Waals surface area contributed by atoms with Crippen LogP contribution < -0.4 is 9.47 Å². The van der Waals surface area contributed by atoms with Crippen molar-refractivity contribution >= 4 is 5.91 Å². The van der Waals surface area contributed by atoms with E-state index in [-0.39, 0.29) is 5.91 Å². The van der Waals surface area contributed by atoms with Gasteiger partial charge < -0.3 is 14.4 Å². The monoisotopic (exact) mass is 293 g/mol. The normalized spacial score (nSPS) is 10.5. The summed E-state index contributed by atoms with van der Waals surface area (Å²) in [7, 11) is 1.85. The lowest BCUT2D eigenvalue weighted by molar-refractivity contribution is -0.130. The summed E-state index contributed by atoms with van der Waals surface area (Å²) in [5, 5.41) is 0. The summed E-state index contributed by atoms with van der Waals surface area (Å²) in [5.74, 6) is 2.16. The molecule has 0 radical (unpaired) electrons. The highest BCUT2D eigenvalue weighted by atomic mass is 16.5. The topological polar surface area (TPSA) is 38.8 Å². The van der Waals surface area contributed by atoms with Gasteiger partial charge in [-0.1, -0.05) is 26.0 Å². The van der Waals surface area contributed by atoms with Gasteiger partial charge in [-0.05, 0) is 31.4 Å². The van der Waals surface area contributed by atoms with Gasteiger partial charge in [-0.15, -0.1) is 0 Å². The molecule has 0 heterocycles. The van der Waals surface area contributed by atoms with Crippen molar-refractivity contribution in [1.29, 1.82) is 0 Å². The summed E-state index contributed by atoms with van der Waals surface area (Å²) in [6.07, 6.45) is 1.22. The number of hydrogen-bond acceptors (Lipinski definition) is 3. The molecule has 0 spiro atoms. The van der Waals surface area contributed by atoms with Gasteiger partial charge in [-0.3, -0.25) is 4.79 Å². The summed E-state index contributed by atoms with van der Waals surface area (Å²) in [6, 6.07) is 7.61. The van der Waals surface area contributed by atoms with Crippen LogP contribution in [-0.2, 0) is 4.79 Å². The highest BCUT2D eigenvalue weighted by Crippen LogP contribution is 2.26. The van der Waals surface area contributed by atoms with Crippen molar-refractivity contribution < 1.29 is 14.3 Å². The van der Waals surface area contributed by atoms with Crippen molar-refractivity contribution in [2.45, 2.75) is 33.6 Å². The minimum atomic E-state index is 0.172. The first-order valence-corrected chi connectivity index (χ1v) is 7.63. The molecule has 0 aliphatic rings. The van der Waals surface area contributed by atoms with Crippen LogP contribution in [0.4, 0.5) is 0 Å². The minimum Gasteiger partial charge on any atom is -0.490 e. The smallest absolute Gasteiger partial charge is 0.222 e. The van der Waals surface area contributed by atoms with Crippen LogP contribution in [0.15, 0.2) is 24.3 Å². The largest absolute Gasteiger partial charge is 0.490 e. The van der Waals surface area contributed by atoms with Crippen LogP contribution in [0.5, 0.6) is 11.5 Å². The lowest BCUT2D eigenvalue weighted by atomic mass is 10.2. The van der Waals surface area contributed by atoms with Gasteiger partial charge in [0.25, 0.3) is 0 Å². The first-order valence-electron chi connectivity index (χ1n) is 7.63. The Balaban J connectivity index is 2.32. The molecule has 0 saturated heterocycles. The van der Waals surface area contributed by atoms with Gasteiger partial charge in [0.15, 0.2) is 11.5 Å². The van der Waals surface area contributed by atoms with Crippen LogP contribution in [0.3, 0.4) is 0 Å². The third-order valence-electron chi connectivity index (χ3n) is 3.01. The second-order valence-electron chi connectivity index (χ2n) is 5.50. The highest BCUT2D eigenvalue weighted by molar-refractivity contribution is 5.75. The SMILES string of the molecule is CCOc1ccccc1OCCCC(=O)N(C)CC(C)C. The van der Waals surface area contributed by atoms with Gasteiger partial charge >= 0.3 is 0 Å². The molecule has 0 aliphatic heterocycles. The van der Waals surface area contributed by atoms with Gasteiger partial charge in [-0.2, -0.15) is 0 Å². The predicted molar refractivity (Wildman–Crippen MR) is 84.8 cm³/mol. The summed E-state index contributed by atoms with van der Waals surface area (Å²) in [6.45, 7) is 8.09. The van der Waals surface area contributed by atoms with Crippen LogP contribution in [0, 0.1) is 5.92 Å². The highest BCUT2D eigenvalue weighted by Gasteiger charge is 2.10. The van der Waals surface area contributed by atoms with E-state index in [0.29, 0.717) is 32.0 Å². The molecule has 4 heteroatoms. The molecule has 1 rings (SSSR count). The summed E-state index contributed by atoms with van der Waals surface area (Å²) >= 11 is 0. The fourth-order valence-corrected chi connectivity index (χ4v) is 2.09. The van der Waals surface area contributed by atoms with E-state index >= 15 is 0 Å². The Labute approximate surface area is 128 Å². The Kier molecular flexibility index (Phi) is 7.65. The zero-order valence-corrected chi connectivity index (χ0v) is 13.6. The maximum absolute atomic E-state index is 11.9. The van der Waals surface area contributed by atoms with Crippen molar-refractivity contribution in [3.05, 3.63) is 24.3 Å². The van der Waals surface area contributed by atoms with Crippen LogP contribution in [-0.4, -0.2) is 37.6 Å². The number of rotatable bonds is 9. The number of amides is 1. The van der Waals surface area contributed by atoms with Crippen molar-refractivity contribution in [2.75, 3.05) is 26.8 Å². The van der Waals surface area contributed by atoms with Gasteiger partial charge in [0, 0.05) is 20.0 Å². The van der Waals surface area contributed by atoms with Crippen LogP contribution in [0.1, 0.15) is 33.6 Å². The number of carbonyl (C=O) groups excluding carboxylic acids is 1. The lowest BCUT2D eigenvalue weighted by Crippen LogP contribution is -2.30. The van der Waals surface area contributed by atoms with E-state index in [1.807, 2.05) is 38.2 Å². The Hall–Kier alpha value is -1.71. The predicted octanol–water partition coefficient (Wildman–Crippen LogP) is 3.36. The molecule has 0 fully saturated rings. The van der Waals surface area contributed by atoms with Gasteiger partial charge in [-0.25, -0.2) is 0 Å². The summed E-state index contributed by atoms with van der Waals surface area (Å²) in [4.78, 5) is 13.7. The number of nitrogens with zero attached hydrogens (tertiary/aromatic N) is 1. The zero-order chi connectivity index (χ0) is 15.7. The lowest BCUT2D eigenvalue weighted by Gasteiger charge is -2.19. The van der Waals surface area contributed by atoms with E-state index in [2.05, 4.69) is 13.8 Å². The van der Waals surface area contributed by atoms with Crippen molar-refractivity contribution in [2.24, 2.45) is 5.92 Å². The Bertz CT molecular complexity index is 432. The molecule has 1 aromatic carbocycles. The van der Waals surface area contributed by atoms with E-state index in [9.17, 15) is 4.79 Å². The molecule has 1 amide bonds. The molecule has 4 nitrogen and oxygen atoms in total. The summed E-state index contributed by atoms with van der Waals surface area (Å²) < 4.78 is 11.2. The minimum absolute atomic E-state index is 0.172. The average Bonchev–Trinajstić information content (AvgIpc) is 2.44. The number of ether oxygens (including phenoxy) is 2. The van der Waals surface area contributed by atoms with E-state index < -0.39 is 0 Å². The Morgan fingerprint density at radius 2 is 1.81 bits per heavy atom. The molecule has 0 saturated carbocycles. The fourth-order valence-electron chi connectivity index (χ4n) is 2.09. The first-order chi connectivity index (χ1) is 10.0. The number of hydrogen-bond donors (Lipinski definition) is 0. The molecule has 118 valence electrons. The van der Waals surface area contributed by atoms with Crippen molar-refractivity contribution in [3.8, 4) is 11.5 Å². The molecular formula is C17H27NO3. The summed E-state index contributed by atoms with van der Waals surface area (Å²) in [5.41, 5.74) is 0. The second-order valence-corrected chi connectivity index (χ2v) is 5.50. The molecule has 1 aromatic rings. The molecule has 0 N–H and O–H groups in total. The molecule has 0 aliphatic carbocycles. The first kappa shape index (κ1) is 17.3. The second kappa shape index (κ2) is 9.27. The maximum atomic E-state index is 11.9. The van der Waals surface area contributed by atoms with Crippen molar-refractivity contribution in [1.82, 2.24) is 4.90 Å². The van der Waals surface area contributed by atoms with Crippen molar-refractivity contribution in [3.63, 3.8) is 0 Å². The van der Waals surface area contributed by atoms with E-state index in [4.69, 9.17) is 9.47 Å². The number of benzene rings is 1. The van der Waals surface area contributed by atoms with E-state index in [0.717, 1.165) is 18.0 Å². The molecule has 21 heavy (non-hydrogen) atoms. The van der Waals surface area contributed by atoms with Gasteiger partial charge in [0.05, 0.1) is 13.2 Å². The maximum Gasteiger partial charge on any atom is 0.222 e. The van der Waals surface area contributed by atoms with Crippen LogP contribution in [0.25, 0.3) is 0 Å². The van der Waals surface area contributed by atoms with Gasteiger partial charge in [0.1, 0.15) is 0 Å². The number of para-hydroxylation sites is 2. The van der Waals surface area contributed by atoms with Gasteiger partial charge in [0.2, 0.25) is 5.91 Å². The quantitative estimate of drug-likeness (QED) is 0.655. The third-order valence-corrected chi connectivity index (χ3v) is 3.01. The molecule has 0 aromatic heterocycles. The van der Waals surface area contributed by atoms with E-state index in [1.165, 1.54) is 0 Å².